The molecule has 4 saturated heterocycles. The Morgan fingerprint density at radius 3 is 1.22 bits per heavy atom. The van der Waals surface area contributed by atoms with E-state index in [4.69, 9.17) is 108 Å². The summed E-state index contributed by atoms with van der Waals surface area (Å²) >= 11 is 10.5. The third kappa shape index (κ3) is 31.3. The van der Waals surface area contributed by atoms with Crippen molar-refractivity contribution in [2.75, 3.05) is 86.8 Å². The van der Waals surface area contributed by atoms with E-state index in [0.717, 1.165) is 136 Å². The Balaban J connectivity index is 0.000000182. The van der Waals surface area contributed by atoms with Gasteiger partial charge in [-0.25, -0.2) is 9.59 Å². The molecule has 0 aliphatic carbocycles. The van der Waals surface area contributed by atoms with Crippen LogP contribution in [0.4, 0.5) is 0 Å². The van der Waals surface area contributed by atoms with Crippen LogP contribution in [0, 0.1) is 24.7 Å². The molecule has 6 unspecified atom stereocenters. The van der Waals surface area contributed by atoms with Gasteiger partial charge in [-0.3, -0.25) is 38.7 Å². The van der Waals surface area contributed by atoms with Gasteiger partial charge in [-0.1, -0.05) is 57.2 Å². The van der Waals surface area contributed by atoms with Crippen LogP contribution in [0.2, 0.25) is 0 Å². The van der Waals surface area contributed by atoms with Crippen molar-refractivity contribution in [1.29, 1.82) is 0 Å². The molecule has 18 rings (SSSR count). The first-order chi connectivity index (χ1) is 66.1. The molecule has 3 N–H and O–H groups in total. The Labute approximate surface area is 843 Å². The molecule has 2 aromatic heterocycles. The zero-order valence-corrected chi connectivity index (χ0v) is 84.8. The fourth-order valence-electron chi connectivity index (χ4n) is 16.6. The number of esters is 4. The van der Waals surface area contributed by atoms with Crippen molar-refractivity contribution in [1.82, 2.24) is 25.1 Å². The van der Waals surface area contributed by atoms with E-state index >= 15 is 0 Å². The summed E-state index contributed by atoms with van der Waals surface area (Å²) in [6, 6.07) is 41.3. The number of halogens is 2. The summed E-state index contributed by atoms with van der Waals surface area (Å²) in [5.41, 5.74) is 8.18. The van der Waals surface area contributed by atoms with E-state index in [1.165, 1.54) is 0 Å². The quantitative estimate of drug-likeness (QED) is 0.0197. The van der Waals surface area contributed by atoms with E-state index in [1.54, 1.807) is 69.3 Å². The molecule has 33 nitrogen and oxygen atoms in total. The predicted octanol–water partition coefficient (Wildman–Crippen LogP) is 13.4. The fourth-order valence-corrected chi connectivity index (χ4v) is 16.7. The van der Waals surface area contributed by atoms with Gasteiger partial charge in [0.15, 0.2) is 69.0 Å². The van der Waals surface area contributed by atoms with Gasteiger partial charge in [-0.15, -0.1) is 11.6 Å². The number of carboxylic acids is 1. The zero-order chi connectivity index (χ0) is 98.1. The number of carboxylic acid groups (broad SMARTS) is 1. The average Bonchev–Trinajstić information content (AvgIpc) is 1.59. The predicted molar refractivity (Wildman–Crippen MR) is 509 cm³/mol. The van der Waals surface area contributed by atoms with Crippen molar-refractivity contribution < 1.29 is 164 Å². The topological polar surface area (TPSA) is 397 Å². The van der Waals surface area contributed by atoms with Crippen molar-refractivity contribution in [2.24, 2.45) is 17.8 Å². The van der Waals surface area contributed by atoms with E-state index in [9.17, 15) is 43.5 Å². The third-order valence-electron chi connectivity index (χ3n) is 24.2. The van der Waals surface area contributed by atoms with Gasteiger partial charge in [0.25, 0.3) is 0 Å². The molecule has 6 aromatic carbocycles. The summed E-state index contributed by atoms with van der Waals surface area (Å²) in [5, 5.41) is 12.7. The standard InChI is InChI=1S/C19H25NO5.C17H21NO5.C16H21NO4.C16H15NO4.C14H19BO4.C9H11NO2.C8H7ClO2.C3H5ClO.Na.H2O/c1-3-18(21)20-9-5-6-14(19(22)23-4-2)15(20)10-13-7-8-16-17(11-13)25-12-24-16;1-2-16(19)18-7-3-4-12(17(20)21)13(18)8-11-5-6-14-15(9-11)23-10-22-14;2*1-2-19-16(18)12-4-3-7-17-13(12)8-11-5-6-14-15(9-11)21-10-20-14;1-13(2)14(3,4)19-15(18-13)8-10-5-6-11-12(7-10)17-9-16-11;1-3-12-9(11)8-5-4-6-10-7(8)2;9-4-6-1-2-7-8(3-6)11-5-10-7;1-2-3(4)5;;/h7-8,11,14-15H,3-6,9-10,12H2,1-2H3;5-6,9,12-13H,2-4,7-8,10H2,1H3,(H,20,21);5-6,9,12-13,17H,2-4,7-8,10H2,1H3;3-7,9H,2,8,10H2,1H3;5-7H,8-9H2,1-4H3;4-6H,3H2,1-2H3;1-3H,4-5H2;2H2,1H3;;1H2/q;;;;;;;;+1;/p-1. The number of hydrogen-bond acceptors (Lipinski definition) is 30. The molecule has 4 fully saturated rings. The summed E-state index contributed by atoms with van der Waals surface area (Å²) < 4.78 is 96.2. The van der Waals surface area contributed by atoms with Gasteiger partial charge in [0.1, 0.15) is 0 Å². The summed E-state index contributed by atoms with van der Waals surface area (Å²) in [6.45, 7) is 28.0. The number of piperidine rings is 3. The van der Waals surface area contributed by atoms with Crippen LogP contribution in [-0.2, 0) is 94.9 Å². The first-order valence-corrected chi connectivity index (χ1v) is 47.5. The van der Waals surface area contributed by atoms with Crippen molar-refractivity contribution in [3.8, 4) is 69.0 Å². The number of aromatic nitrogens is 2. The molecule has 744 valence electrons. The number of aryl methyl sites for hydroxylation is 1. The molecule has 6 atom stereocenters. The molecule has 139 heavy (non-hydrogen) atoms. The van der Waals surface area contributed by atoms with E-state index < -0.39 is 11.9 Å². The Bertz CT molecular complexity index is 5410. The molecule has 12 heterocycles. The molecule has 0 spiro atoms. The number of likely N-dealkylation sites (tertiary alicyclic amines) is 2. The van der Waals surface area contributed by atoms with Crippen molar-refractivity contribution in [3.05, 3.63) is 202 Å². The number of nitrogens with zero attached hydrogens (tertiary/aromatic N) is 4. The second kappa shape index (κ2) is 55.0. The first-order valence-electron chi connectivity index (χ1n) is 46.6. The fraction of sp³-hybridized carbons (Fsp3) is 0.471. The number of carbonyl (C=O) groups excluding carboxylic acids is 7. The van der Waals surface area contributed by atoms with Crippen molar-refractivity contribution >= 4 is 77.2 Å². The smallest absolute Gasteiger partial charge is 0.870 e. The molecule has 37 heteroatoms. The minimum Gasteiger partial charge on any atom is -0.870 e. The Hall–Kier alpha value is -11.3. The van der Waals surface area contributed by atoms with Gasteiger partial charge in [0.05, 0.1) is 77.9 Å². The number of aliphatic carboxylic acids is 1. The van der Waals surface area contributed by atoms with Crippen LogP contribution in [0.1, 0.15) is 199 Å². The van der Waals surface area contributed by atoms with E-state index in [1.807, 2.05) is 142 Å². The molecule has 0 radical (unpaired) electrons. The van der Waals surface area contributed by atoms with Crippen LogP contribution >= 0.6 is 23.2 Å². The number of amides is 2. The zero-order valence-electron chi connectivity index (χ0n) is 81.3. The van der Waals surface area contributed by atoms with Crippen LogP contribution in [0.5, 0.6) is 69.0 Å². The van der Waals surface area contributed by atoms with Gasteiger partial charge in [-0.2, -0.15) is 0 Å². The average molecular weight is 1970 g/mol. The second-order valence-electron chi connectivity index (χ2n) is 33.9. The van der Waals surface area contributed by atoms with E-state index in [-0.39, 0.29) is 151 Å². The summed E-state index contributed by atoms with van der Waals surface area (Å²) in [4.78, 5) is 105. The van der Waals surface area contributed by atoms with Crippen LogP contribution < -0.4 is 91.7 Å². The normalized spacial score (nSPS) is 18.5. The van der Waals surface area contributed by atoms with Gasteiger partial charge in [0, 0.05) is 81.5 Å². The summed E-state index contributed by atoms with van der Waals surface area (Å²) in [6.07, 6.45) is 12.6. The van der Waals surface area contributed by atoms with Crippen LogP contribution in [-0.4, -0.2) is 201 Å². The molecular formula is C102H125BCl2N5NaO28. The Morgan fingerprint density at radius 2 is 0.799 bits per heavy atom. The van der Waals surface area contributed by atoms with Crippen molar-refractivity contribution in [2.45, 2.75) is 208 Å². The third-order valence-corrected chi connectivity index (χ3v) is 24.8. The van der Waals surface area contributed by atoms with Gasteiger partial charge in [-0.05, 0) is 269 Å². The number of alkyl halides is 1. The molecular weight excluding hydrogens is 1850 g/mol. The van der Waals surface area contributed by atoms with Crippen LogP contribution in [0.25, 0.3) is 0 Å². The second-order valence-corrected chi connectivity index (χ2v) is 34.6. The first kappa shape index (κ1) is 111. The number of nitrogens with one attached hydrogen (secondary N) is 1. The molecule has 10 aliphatic rings. The number of rotatable bonds is 23. The van der Waals surface area contributed by atoms with Gasteiger partial charge in [0.2, 0.25) is 57.8 Å². The number of pyridine rings is 2. The summed E-state index contributed by atoms with van der Waals surface area (Å²) in [7, 11) is -0.217. The van der Waals surface area contributed by atoms with Crippen LogP contribution in [0.15, 0.2) is 146 Å². The number of hydrogen-bond donors (Lipinski definition) is 2. The van der Waals surface area contributed by atoms with E-state index in [0.29, 0.717) is 144 Å². The number of fused-ring (bicyclic) bond motifs is 6. The molecule has 8 aromatic rings. The molecule has 2 amide bonds. The maximum absolute atomic E-state index is 12.4. The van der Waals surface area contributed by atoms with E-state index in [2.05, 4.69) is 43.0 Å². The summed E-state index contributed by atoms with van der Waals surface area (Å²) in [5.74, 6) is 7.04. The Kier molecular flexibility index (Phi) is 44.1. The SMILES string of the molecule is CC1(C)OB(Cc2ccc3c(c2)OCO3)OC1(C)C.CCC(=O)Cl.CCC(=O)N1CCCC(C(=O)O)C1Cc1ccc2c(c1)OCO2.CCOC(=O)C1CCCN(C(=O)CC)C1Cc1ccc2c(c1)OCO2.CCOC(=O)C1CCCNC1Cc1ccc2c(c1)OCO2.CCOC(=O)c1cccnc1C.CCOC(=O)c1cccnc1Cc1ccc2c(c1)OCO2.ClCc1ccc2c(c1)OCO2.[Na+].[OH-]. The molecule has 10 aliphatic heterocycles. The van der Waals surface area contributed by atoms with Crippen LogP contribution in [0.3, 0.4) is 0 Å². The minimum absolute atomic E-state index is 0. The van der Waals surface area contributed by atoms with Gasteiger partial charge >= 0.3 is 66.5 Å². The molecule has 0 saturated carbocycles. The maximum atomic E-state index is 12.4. The monoisotopic (exact) mass is 1970 g/mol. The number of carbonyl (C=O) groups is 8. The Morgan fingerprint density at radius 1 is 0.446 bits per heavy atom. The maximum Gasteiger partial charge on any atom is 1.00 e. The minimum atomic E-state index is -0.829. The van der Waals surface area contributed by atoms with Crippen molar-refractivity contribution in [3.63, 3.8) is 0 Å². The number of benzene rings is 6. The number of ether oxygens (including phenoxy) is 16. The largest absolute Gasteiger partial charge is 1.00 e. The van der Waals surface area contributed by atoms with Gasteiger partial charge < -0.3 is 111 Å². The molecule has 0 bridgehead atoms.